The Morgan fingerprint density at radius 2 is 1.63 bits per heavy atom. The zero-order valence-electron chi connectivity index (χ0n) is 16.7. The van der Waals surface area contributed by atoms with Crippen LogP contribution in [0.5, 0.6) is 5.75 Å². The van der Waals surface area contributed by atoms with E-state index in [-0.39, 0.29) is 6.54 Å². The van der Waals surface area contributed by atoms with Gasteiger partial charge in [0.05, 0.1) is 4.90 Å². The van der Waals surface area contributed by atoms with Crippen molar-refractivity contribution in [3.05, 3.63) is 59.2 Å². The van der Waals surface area contributed by atoms with Gasteiger partial charge in [0, 0.05) is 13.1 Å². The molecule has 0 saturated carbocycles. The van der Waals surface area contributed by atoms with Crippen LogP contribution in [0.2, 0.25) is 0 Å². The average Bonchev–Trinajstić information content (AvgIpc) is 2.66. The smallest absolute Gasteiger partial charge is 0.240 e. The molecule has 0 saturated heterocycles. The highest BCUT2D eigenvalue weighted by Gasteiger charge is 2.14. The summed E-state index contributed by atoms with van der Waals surface area (Å²) in [4.78, 5) is 2.60. The second-order valence-corrected chi connectivity index (χ2v) is 8.36. The third-order valence-electron chi connectivity index (χ3n) is 4.75. The molecule has 0 fully saturated rings. The van der Waals surface area contributed by atoms with E-state index in [4.69, 9.17) is 4.74 Å². The summed E-state index contributed by atoms with van der Waals surface area (Å²) in [5.41, 5.74) is 2.92. The molecule has 6 heteroatoms. The maximum atomic E-state index is 12.5. The van der Waals surface area contributed by atoms with Gasteiger partial charge in [-0.15, -0.1) is 0 Å². The van der Waals surface area contributed by atoms with Gasteiger partial charge in [0.25, 0.3) is 0 Å². The van der Waals surface area contributed by atoms with E-state index >= 15 is 0 Å². The number of hydrogen-bond donors (Lipinski definition) is 1. The van der Waals surface area contributed by atoms with Crippen LogP contribution in [0.15, 0.2) is 47.4 Å². The third-order valence-corrected chi connectivity index (χ3v) is 6.15. The maximum Gasteiger partial charge on any atom is 0.240 e. The number of rotatable bonds is 10. The second kappa shape index (κ2) is 9.88. The Balaban J connectivity index is 1.89. The lowest BCUT2D eigenvalue weighted by Crippen LogP contribution is -2.27. The lowest BCUT2D eigenvalue weighted by atomic mass is 10.1. The van der Waals surface area contributed by atoms with Gasteiger partial charge < -0.3 is 9.64 Å². The van der Waals surface area contributed by atoms with E-state index < -0.39 is 10.0 Å². The molecule has 0 amide bonds. The van der Waals surface area contributed by atoms with Gasteiger partial charge in [0.1, 0.15) is 12.4 Å². The summed E-state index contributed by atoms with van der Waals surface area (Å²) < 4.78 is 33.3. The minimum Gasteiger partial charge on any atom is -0.492 e. The van der Waals surface area contributed by atoms with Crippen LogP contribution in [0.3, 0.4) is 0 Å². The quantitative estimate of drug-likeness (QED) is 0.675. The molecule has 0 radical (unpaired) electrons. The number of hydrogen-bond acceptors (Lipinski definition) is 4. The molecule has 0 aliphatic rings. The van der Waals surface area contributed by atoms with Crippen LogP contribution in [-0.4, -0.2) is 39.6 Å². The van der Waals surface area contributed by atoms with Gasteiger partial charge in [0.2, 0.25) is 10.0 Å². The summed E-state index contributed by atoms with van der Waals surface area (Å²) in [6.07, 6.45) is 0. The van der Waals surface area contributed by atoms with Crippen molar-refractivity contribution in [3.63, 3.8) is 0 Å². The molecule has 0 aliphatic heterocycles. The Bertz CT molecular complexity index is 829. The molecule has 0 unspecified atom stereocenters. The predicted molar refractivity (Wildman–Crippen MR) is 110 cm³/mol. The fourth-order valence-corrected chi connectivity index (χ4v) is 3.78. The standard InChI is InChI=1S/C21H30N2O3S/c1-5-23(6-2)13-14-26-20-10-8-19(9-11-20)16-22-27(24,25)21-12-7-17(3)18(4)15-21/h7-12,15,22H,5-6,13-14,16H2,1-4H3. The molecular formula is C21H30N2O3S. The number of nitrogens with zero attached hydrogens (tertiary/aromatic N) is 1. The molecule has 1 N–H and O–H groups in total. The highest BCUT2D eigenvalue weighted by molar-refractivity contribution is 7.89. The normalized spacial score (nSPS) is 11.7. The summed E-state index contributed by atoms with van der Waals surface area (Å²) >= 11 is 0. The average molecular weight is 391 g/mol. The van der Waals surface area contributed by atoms with Gasteiger partial charge in [-0.1, -0.05) is 32.0 Å². The Morgan fingerprint density at radius 3 is 2.22 bits per heavy atom. The number of ether oxygens (including phenoxy) is 1. The van der Waals surface area contributed by atoms with E-state index in [1.165, 1.54) is 0 Å². The molecule has 2 aromatic carbocycles. The van der Waals surface area contributed by atoms with E-state index in [0.717, 1.165) is 42.1 Å². The topological polar surface area (TPSA) is 58.6 Å². The minimum atomic E-state index is -3.52. The lowest BCUT2D eigenvalue weighted by Gasteiger charge is -2.18. The molecule has 5 nitrogen and oxygen atoms in total. The first-order valence-corrected chi connectivity index (χ1v) is 10.8. The maximum absolute atomic E-state index is 12.5. The zero-order valence-corrected chi connectivity index (χ0v) is 17.5. The SMILES string of the molecule is CCN(CC)CCOc1ccc(CNS(=O)(=O)c2ccc(C)c(C)c2)cc1. The van der Waals surface area contributed by atoms with Crippen LogP contribution in [0.4, 0.5) is 0 Å². The van der Waals surface area contributed by atoms with E-state index in [1.807, 2.05) is 44.2 Å². The van der Waals surface area contributed by atoms with E-state index in [0.29, 0.717) is 11.5 Å². The molecule has 0 bridgehead atoms. The van der Waals surface area contributed by atoms with E-state index in [9.17, 15) is 8.42 Å². The van der Waals surface area contributed by atoms with Crippen molar-refractivity contribution in [2.45, 2.75) is 39.1 Å². The monoisotopic (exact) mass is 390 g/mol. The number of likely N-dealkylation sites (N-methyl/N-ethyl adjacent to an activating group) is 1. The van der Waals surface area contributed by atoms with Crippen molar-refractivity contribution in [1.29, 1.82) is 0 Å². The van der Waals surface area contributed by atoms with Crippen LogP contribution in [0.25, 0.3) is 0 Å². The van der Waals surface area contributed by atoms with Crippen molar-refractivity contribution in [2.24, 2.45) is 0 Å². The van der Waals surface area contributed by atoms with Crippen molar-refractivity contribution < 1.29 is 13.2 Å². The van der Waals surface area contributed by atoms with Crippen LogP contribution in [0, 0.1) is 13.8 Å². The highest BCUT2D eigenvalue weighted by atomic mass is 32.2. The van der Waals surface area contributed by atoms with Crippen LogP contribution >= 0.6 is 0 Å². The van der Waals surface area contributed by atoms with Crippen LogP contribution in [0.1, 0.15) is 30.5 Å². The number of nitrogens with one attached hydrogen (secondary N) is 1. The Hall–Kier alpha value is -1.89. The summed E-state index contributed by atoms with van der Waals surface area (Å²) in [7, 11) is -3.52. The number of sulfonamides is 1. The fraction of sp³-hybridized carbons (Fsp3) is 0.429. The lowest BCUT2D eigenvalue weighted by molar-refractivity contribution is 0.223. The second-order valence-electron chi connectivity index (χ2n) is 6.59. The molecule has 148 valence electrons. The van der Waals surface area contributed by atoms with Crippen LogP contribution < -0.4 is 9.46 Å². The highest BCUT2D eigenvalue weighted by Crippen LogP contribution is 2.16. The predicted octanol–water partition coefficient (Wildman–Crippen LogP) is 3.50. The molecule has 0 aromatic heterocycles. The molecule has 2 aromatic rings. The van der Waals surface area contributed by atoms with Gasteiger partial charge >= 0.3 is 0 Å². The van der Waals surface area contributed by atoms with Crippen molar-refractivity contribution in [2.75, 3.05) is 26.2 Å². The minimum absolute atomic E-state index is 0.245. The third kappa shape index (κ3) is 6.34. The summed E-state index contributed by atoms with van der Waals surface area (Å²) in [6.45, 7) is 11.9. The van der Waals surface area contributed by atoms with Crippen molar-refractivity contribution >= 4 is 10.0 Å². The first kappa shape index (κ1) is 21.4. The van der Waals surface area contributed by atoms with Gasteiger partial charge in [0.15, 0.2) is 0 Å². The Morgan fingerprint density at radius 1 is 0.963 bits per heavy atom. The van der Waals surface area contributed by atoms with Crippen molar-refractivity contribution in [3.8, 4) is 5.75 Å². The molecule has 2 rings (SSSR count). The summed E-state index contributed by atoms with van der Waals surface area (Å²) in [5.74, 6) is 0.794. The van der Waals surface area contributed by atoms with Gasteiger partial charge in [-0.3, -0.25) is 0 Å². The van der Waals surface area contributed by atoms with Crippen LogP contribution in [-0.2, 0) is 16.6 Å². The number of aryl methyl sites for hydroxylation is 2. The van der Waals surface area contributed by atoms with Gasteiger partial charge in [-0.2, -0.15) is 0 Å². The Labute approximate surface area is 163 Å². The largest absolute Gasteiger partial charge is 0.492 e. The van der Waals surface area contributed by atoms with Gasteiger partial charge in [-0.05, 0) is 67.9 Å². The zero-order chi connectivity index (χ0) is 19.9. The molecule has 0 atom stereocenters. The van der Waals surface area contributed by atoms with Gasteiger partial charge in [-0.25, -0.2) is 13.1 Å². The molecule has 27 heavy (non-hydrogen) atoms. The fourth-order valence-electron chi connectivity index (χ4n) is 2.68. The summed E-state index contributed by atoms with van der Waals surface area (Å²) in [5, 5.41) is 0. The molecule has 0 heterocycles. The van der Waals surface area contributed by atoms with E-state index in [2.05, 4.69) is 23.5 Å². The van der Waals surface area contributed by atoms with Crippen molar-refractivity contribution in [1.82, 2.24) is 9.62 Å². The summed E-state index contributed by atoms with van der Waals surface area (Å²) in [6, 6.07) is 12.7. The Kier molecular flexibility index (Phi) is 7.83. The molecular weight excluding hydrogens is 360 g/mol. The first-order chi connectivity index (χ1) is 12.9. The number of benzene rings is 2. The van der Waals surface area contributed by atoms with E-state index in [1.54, 1.807) is 12.1 Å². The first-order valence-electron chi connectivity index (χ1n) is 9.36. The molecule has 0 spiro atoms. The molecule has 0 aliphatic carbocycles.